The molecule has 1 aliphatic rings. The van der Waals surface area contributed by atoms with Crippen LogP contribution in [0.25, 0.3) is 17.1 Å². The fourth-order valence-corrected chi connectivity index (χ4v) is 3.21. The lowest BCUT2D eigenvalue weighted by Gasteiger charge is -2.23. The molecule has 0 saturated carbocycles. The highest BCUT2D eigenvalue weighted by molar-refractivity contribution is 5.70. The Morgan fingerprint density at radius 1 is 1.24 bits per heavy atom. The predicted octanol–water partition coefficient (Wildman–Crippen LogP) is 1.84. The molecule has 0 radical (unpaired) electrons. The second-order valence-corrected chi connectivity index (χ2v) is 7.56. The third-order valence-corrected chi connectivity index (χ3v) is 4.59. The highest BCUT2D eigenvalue weighted by atomic mass is 16.4. The van der Waals surface area contributed by atoms with Gasteiger partial charge in [-0.2, -0.15) is 5.10 Å². The molecular formula is C17H22N6O2. The summed E-state index contributed by atoms with van der Waals surface area (Å²) in [5, 5.41) is 16.1. The van der Waals surface area contributed by atoms with Crippen LogP contribution in [0.15, 0.2) is 21.5 Å². The largest absolute Gasteiger partial charge is 0.420 e. The van der Waals surface area contributed by atoms with Crippen LogP contribution in [-0.4, -0.2) is 37.9 Å². The Hall–Kier alpha value is -2.48. The molecule has 4 rings (SSSR count). The minimum Gasteiger partial charge on any atom is -0.420 e. The molecule has 0 aliphatic carbocycles. The van der Waals surface area contributed by atoms with Gasteiger partial charge in [0.15, 0.2) is 0 Å². The number of rotatable bonds is 2. The molecule has 3 aromatic rings. The van der Waals surface area contributed by atoms with Crippen molar-refractivity contribution in [3.63, 3.8) is 0 Å². The van der Waals surface area contributed by atoms with Crippen molar-refractivity contribution in [2.75, 3.05) is 13.1 Å². The minimum atomic E-state index is -0.234. The standard InChI is InChI=1S/C17H22N6O2/c1-17(2,3)16-22-21-15(25-16)11-9-19-23-12(8-13(24)20-14(11)23)10-4-6-18-7-5-10/h8-10,18H,4-7H2,1-3H3,(H,20,24). The molecule has 1 saturated heterocycles. The van der Waals surface area contributed by atoms with Gasteiger partial charge in [0.25, 0.3) is 11.4 Å². The summed E-state index contributed by atoms with van der Waals surface area (Å²) in [5.41, 5.74) is 1.81. The van der Waals surface area contributed by atoms with Gasteiger partial charge < -0.3 is 14.7 Å². The van der Waals surface area contributed by atoms with Crippen molar-refractivity contribution in [3.8, 4) is 11.5 Å². The first-order valence-corrected chi connectivity index (χ1v) is 8.59. The van der Waals surface area contributed by atoms with Crippen molar-refractivity contribution in [1.82, 2.24) is 30.1 Å². The first-order valence-electron chi connectivity index (χ1n) is 8.59. The number of aromatic nitrogens is 5. The van der Waals surface area contributed by atoms with Crippen LogP contribution >= 0.6 is 0 Å². The van der Waals surface area contributed by atoms with Gasteiger partial charge in [0.1, 0.15) is 11.2 Å². The lowest BCUT2D eigenvalue weighted by atomic mass is 9.94. The summed E-state index contributed by atoms with van der Waals surface area (Å²) in [6.45, 7) is 7.93. The van der Waals surface area contributed by atoms with Crippen molar-refractivity contribution in [1.29, 1.82) is 0 Å². The predicted molar refractivity (Wildman–Crippen MR) is 92.6 cm³/mol. The van der Waals surface area contributed by atoms with Gasteiger partial charge in [-0.25, -0.2) is 4.52 Å². The van der Waals surface area contributed by atoms with E-state index >= 15 is 0 Å². The van der Waals surface area contributed by atoms with Crippen molar-refractivity contribution in [3.05, 3.63) is 34.2 Å². The zero-order valence-corrected chi connectivity index (χ0v) is 14.7. The lowest BCUT2D eigenvalue weighted by Crippen LogP contribution is -2.28. The highest BCUT2D eigenvalue weighted by Crippen LogP contribution is 2.29. The molecule has 0 unspecified atom stereocenters. The number of hydrogen-bond donors (Lipinski definition) is 2. The van der Waals surface area contributed by atoms with Crippen molar-refractivity contribution in [2.24, 2.45) is 0 Å². The molecule has 4 heterocycles. The maximum Gasteiger partial charge on any atom is 0.253 e. The molecule has 0 atom stereocenters. The molecule has 1 fully saturated rings. The summed E-state index contributed by atoms with van der Waals surface area (Å²) in [6, 6.07) is 1.65. The van der Waals surface area contributed by atoms with Crippen LogP contribution in [0.5, 0.6) is 0 Å². The average Bonchev–Trinajstić information content (AvgIpc) is 3.21. The topological polar surface area (TPSA) is 101 Å². The van der Waals surface area contributed by atoms with E-state index in [4.69, 9.17) is 4.42 Å². The number of nitrogens with one attached hydrogen (secondary N) is 2. The fourth-order valence-electron chi connectivity index (χ4n) is 3.21. The van der Waals surface area contributed by atoms with E-state index in [9.17, 15) is 4.79 Å². The van der Waals surface area contributed by atoms with Crippen LogP contribution in [0.4, 0.5) is 0 Å². The van der Waals surface area contributed by atoms with E-state index in [1.807, 2.05) is 20.8 Å². The van der Waals surface area contributed by atoms with Gasteiger partial charge >= 0.3 is 0 Å². The summed E-state index contributed by atoms with van der Waals surface area (Å²) in [4.78, 5) is 15.1. The zero-order chi connectivity index (χ0) is 17.6. The number of nitrogens with zero attached hydrogens (tertiary/aromatic N) is 4. The molecule has 1 aliphatic heterocycles. The van der Waals surface area contributed by atoms with E-state index in [0.29, 0.717) is 28.9 Å². The van der Waals surface area contributed by atoms with Gasteiger partial charge in [-0.1, -0.05) is 20.8 Å². The molecule has 8 heteroatoms. The van der Waals surface area contributed by atoms with E-state index in [1.165, 1.54) is 0 Å². The molecule has 25 heavy (non-hydrogen) atoms. The molecule has 0 spiro atoms. The van der Waals surface area contributed by atoms with Gasteiger partial charge in [-0.05, 0) is 25.9 Å². The summed E-state index contributed by atoms with van der Waals surface area (Å²) >= 11 is 0. The van der Waals surface area contributed by atoms with Gasteiger partial charge in [0.2, 0.25) is 5.89 Å². The molecule has 0 bridgehead atoms. The third-order valence-electron chi connectivity index (χ3n) is 4.59. The maximum atomic E-state index is 12.2. The van der Waals surface area contributed by atoms with Crippen LogP contribution in [0, 0.1) is 0 Å². The summed E-state index contributed by atoms with van der Waals surface area (Å²) in [5.74, 6) is 1.24. The van der Waals surface area contributed by atoms with Crippen LogP contribution < -0.4 is 10.9 Å². The Kier molecular flexibility index (Phi) is 3.72. The molecule has 8 nitrogen and oxygen atoms in total. The summed E-state index contributed by atoms with van der Waals surface area (Å²) in [7, 11) is 0. The monoisotopic (exact) mass is 342 g/mol. The second kappa shape index (κ2) is 5.80. The van der Waals surface area contributed by atoms with Gasteiger partial charge in [0.05, 0.1) is 11.9 Å². The van der Waals surface area contributed by atoms with E-state index < -0.39 is 0 Å². The quantitative estimate of drug-likeness (QED) is 0.737. The van der Waals surface area contributed by atoms with Crippen molar-refractivity contribution >= 4 is 5.65 Å². The molecule has 3 aromatic heterocycles. The number of aromatic amines is 1. The number of piperidine rings is 1. The van der Waals surface area contributed by atoms with Gasteiger partial charge in [-0.3, -0.25) is 4.79 Å². The Bertz CT molecular complexity index is 956. The molecule has 0 aromatic carbocycles. The normalized spacial score (nSPS) is 16.6. The van der Waals surface area contributed by atoms with Crippen LogP contribution in [0.2, 0.25) is 0 Å². The van der Waals surface area contributed by atoms with E-state index in [1.54, 1.807) is 16.8 Å². The fraction of sp³-hybridized carbons (Fsp3) is 0.529. The highest BCUT2D eigenvalue weighted by Gasteiger charge is 2.25. The third kappa shape index (κ3) is 2.86. The molecule has 132 valence electrons. The first-order chi connectivity index (χ1) is 11.9. The van der Waals surface area contributed by atoms with Crippen molar-refractivity contribution in [2.45, 2.75) is 44.9 Å². The van der Waals surface area contributed by atoms with Gasteiger partial charge in [0, 0.05) is 17.4 Å². The lowest BCUT2D eigenvalue weighted by molar-refractivity contribution is 0.399. The van der Waals surface area contributed by atoms with Crippen LogP contribution in [0.1, 0.15) is 51.1 Å². The van der Waals surface area contributed by atoms with E-state index in [-0.39, 0.29) is 11.0 Å². The van der Waals surface area contributed by atoms with Crippen LogP contribution in [-0.2, 0) is 5.41 Å². The molecule has 2 N–H and O–H groups in total. The number of H-pyrrole nitrogens is 1. The smallest absolute Gasteiger partial charge is 0.253 e. The Labute approximate surface area is 144 Å². The SMILES string of the molecule is CC(C)(C)c1nnc(-c2cnn3c(C4CCNCC4)cc(=O)[nH]c23)o1. The maximum absolute atomic E-state index is 12.2. The summed E-state index contributed by atoms with van der Waals surface area (Å²) < 4.78 is 7.62. The molecule has 0 amide bonds. The van der Waals surface area contributed by atoms with Crippen molar-refractivity contribution < 1.29 is 4.42 Å². The summed E-state index contributed by atoms with van der Waals surface area (Å²) in [6.07, 6.45) is 3.65. The van der Waals surface area contributed by atoms with E-state index in [0.717, 1.165) is 31.6 Å². The second-order valence-electron chi connectivity index (χ2n) is 7.56. The zero-order valence-electron chi connectivity index (χ0n) is 14.7. The van der Waals surface area contributed by atoms with Crippen LogP contribution in [0.3, 0.4) is 0 Å². The minimum absolute atomic E-state index is 0.140. The number of hydrogen-bond acceptors (Lipinski definition) is 6. The van der Waals surface area contributed by atoms with Gasteiger partial charge in [-0.15, -0.1) is 10.2 Å². The Balaban J connectivity index is 1.83. The van der Waals surface area contributed by atoms with E-state index in [2.05, 4.69) is 25.6 Å². The first kappa shape index (κ1) is 16.0. The Morgan fingerprint density at radius 2 is 2.00 bits per heavy atom. The Morgan fingerprint density at radius 3 is 2.68 bits per heavy atom. The number of fused-ring (bicyclic) bond motifs is 1. The molecular weight excluding hydrogens is 320 g/mol. The average molecular weight is 342 g/mol.